The van der Waals surface area contributed by atoms with Gasteiger partial charge in [0.25, 0.3) is 0 Å². The van der Waals surface area contributed by atoms with E-state index in [4.69, 9.17) is 0 Å². The van der Waals surface area contributed by atoms with E-state index in [9.17, 15) is 4.79 Å². The van der Waals surface area contributed by atoms with Crippen molar-refractivity contribution in [3.8, 4) is 0 Å². The normalized spacial score (nSPS) is 9.00. The number of carbonyl (C=O) groups is 1. The van der Waals surface area contributed by atoms with Crippen molar-refractivity contribution in [2.75, 3.05) is 27.2 Å². The third kappa shape index (κ3) is 3.07. The summed E-state index contributed by atoms with van der Waals surface area (Å²) in [6.07, 6.45) is 1.71. The van der Waals surface area contributed by atoms with Crippen LogP contribution in [0.15, 0.2) is 12.7 Å². The molecule has 0 aromatic rings. The molecule has 0 fully saturated rings. The zero-order valence-corrected chi connectivity index (χ0v) is 7.50. The van der Waals surface area contributed by atoms with Gasteiger partial charge in [-0.25, -0.2) is 4.79 Å². The molecular formula is C8H16N2O. The Hall–Kier alpha value is -0.990. The summed E-state index contributed by atoms with van der Waals surface area (Å²) < 4.78 is 0. The van der Waals surface area contributed by atoms with Crippen molar-refractivity contribution in [2.45, 2.75) is 6.92 Å². The zero-order chi connectivity index (χ0) is 8.85. The van der Waals surface area contributed by atoms with E-state index in [1.165, 1.54) is 0 Å². The third-order valence-electron chi connectivity index (χ3n) is 1.53. The number of likely N-dealkylation sites (N-methyl/N-ethyl adjacent to an activating group) is 1. The second-order valence-corrected chi connectivity index (χ2v) is 2.47. The average Bonchev–Trinajstić information content (AvgIpc) is 2.02. The second kappa shape index (κ2) is 4.77. The Balaban J connectivity index is 3.90. The highest BCUT2D eigenvalue weighted by molar-refractivity contribution is 5.73. The standard InChI is InChI=1S/C8H16N2O/c1-5-7-10(4)8(11)9(3)6-2/h5H,1,6-7H2,2-4H3. The van der Waals surface area contributed by atoms with Crippen LogP contribution < -0.4 is 0 Å². The SMILES string of the molecule is C=CCN(C)C(=O)N(C)CC. The fourth-order valence-electron chi connectivity index (χ4n) is 0.698. The quantitative estimate of drug-likeness (QED) is 0.563. The van der Waals surface area contributed by atoms with Gasteiger partial charge in [0, 0.05) is 27.2 Å². The summed E-state index contributed by atoms with van der Waals surface area (Å²) in [6, 6.07) is 0.0346. The van der Waals surface area contributed by atoms with Crippen molar-refractivity contribution in [1.29, 1.82) is 0 Å². The van der Waals surface area contributed by atoms with Gasteiger partial charge in [-0.2, -0.15) is 0 Å². The van der Waals surface area contributed by atoms with Crippen LogP contribution in [0.25, 0.3) is 0 Å². The molecule has 0 atom stereocenters. The molecule has 0 aromatic carbocycles. The first kappa shape index (κ1) is 10.0. The molecule has 0 N–H and O–H groups in total. The minimum Gasteiger partial charge on any atom is -0.328 e. The first-order valence-corrected chi connectivity index (χ1v) is 3.70. The molecule has 0 heterocycles. The van der Waals surface area contributed by atoms with Crippen molar-refractivity contribution in [3.63, 3.8) is 0 Å². The predicted octanol–water partition coefficient (Wildman–Crippen LogP) is 1.18. The number of urea groups is 1. The molecule has 0 rings (SSSR count). The summed E-state index contributed by atoms with van der Waals surface area (Å²) in [7, 11) is 3.54. The van der Waals surface area contributed by atoms with Crippen LogP contribution in [-0.4, -0.2) is 43.0 Å². The van der Waals surface area contributed by atoms with Crippen LogP contribution in [0.3, 0.4) is 0 Å². The van der Waals surface area contributed by atoms with E-state index in [2.05, 4.69) is 6.58 Å². The Kier molecular flexibility index (Phi) is 4.34. The van der Waals surface area contributed by atoms with Crippen molar-refractivity contribution < 1.29 is 4.79 Å². The van der Waals surface area contributed by atoms with E-state index in [1.54, 1.807) is 30.0 Å². The van der Waals surface area contributed by atoms with Crippen LogP contribution in [-0.2, 0) is 0 Å². The highest BCUT2D eigenvalue weighted by Gasteiger charge is 2.09. The molecular weight excluding hydrogens is 140 g/mol. The maximum absolute atomic E-state index is 11.3. The number of hydrogen-bond donors (Lipinski definition) is 0. The Morgan fingerprint density at radius 3 is 2.36 bits per heavy atom. The zero-order valence-electron chi connectivity index (χ0n) is 7.50. The number of nitrogens with zero attached hydrogens (tertiary/aromatic N) is 2. The maximum atomic E-state index is 11.3. The summed E-state index contributed by atoms with van der Waals surface area (Å²) in [4.78, 5) is 14.5. The van der Waals surface area contributed by atoms with Crippen molar-refractivity contribution in [1.82, 2.24) is 9.80 Å². The first-order chi connectivity index (χ1) is 5.13. The average molecular weight is 156 g/mol. The highest BCUT2D eigenvalue weighted by Crippen LogP contribution is 1.92. The fourth-order valence-corrected chi connectivity index (χ4v) is 0.698. The van der Waals surface area contributed by atoms with Crippen LogP contribution in [0.4, 0.5) is 4.79 Å². The number of amides is 2. The van der Waals surface area contributed by atoms with Gasteiger partial charge in [-0.05, 0) is 6.92 Å². The smallest absolute Gasteiger partial charge is 0.319 e. The van der Waals surface area contributed by atoms with E-state index in [0.29, 0.717) is 6.54 Å². The lowest BCUT2D eigenvalue weighted by atomic mass is 10.5. The summed E-state index contributed by atoms with van der Waals surface area (Å²) in [5, 5.41) is 0. The van der Waals surface area contributed by atoms with Gasteiger partial charge in [-0.15, -0.1) is 6.58 Å². The van der Waals surface area contributed by atoms with Crippen LogP contribution >= 0.6 is 0 Å². The molecule has 0 radical (unpaired) electrons. The first-order valence-electron chi connectivity index (χ1n) is 3.70. The molecule has 0 aromatic heterocycles. The molecule has 0 saturated heterocycles. The van der Waals surface area contributed by atoms with E-state index in [0.717, 1.165) is 6.54 Å². The Labute approximate surface area is 68.3 Å². The Morgan fingerprint density at radius 2 is 2.00 bits per heavy atom. The van der Waals surface area contributed by atoms with Gasteiger partial charge in [-0.3, -0.25) is 0 Å². The molecule has 0 saturated carbocycles. The van der Waals surface area contributed by atoms with Crippen molar-refractivity contribution in [2.24, 2.45) is 0 Å². The van der Waals surface area contributed by atoms with Crippen molar-refractivity contribution in [3.05, 3.63) is 12.7 Å². The topological polar surface area (TPSA) is 23.6 Å². The van der Waals surface area contributed by atoms with Gasteiger partial charge in [0.15, 0.2) is 0 Å². The molecule has 0 unspecified atom stereocenters. The summed E-state index contributed by atoms with van der Waals surface area (Å²) in [5.41, 5.74) is 0. The van der Waals surface area contributed by atoms with E-state index in [-0.39, 0.29) is 6.03 Å². The highest BCUT2D eigenvalue weighted by atomic mass is 16.2. The minimum atomic E-state index is 0.0346. The molecule has 0 aliphatic carbocycles. The van der Waals surface area contributed by atoms with Gasteiger partial charge in [0.2, 0.25) is 0 Å². The molecule has 0 bridgehead atoms. The molecule has 2 amide bonds. The van der Waals surface area contributed by atoms with Gasteiger partial charge in [-0.1, -0.05) is 6.08 Å². The van der Waals surface area contributed by atoms with Gasteiger partial charge < -0.3 is 9.80 Å². The van der Waals surface area contributed by atoms with Crippen LogP contribution in [0, 0.1) is 0 Å². The Bertz CT molecular complexity index is 145. The Morgan fingerprint density at radius 1 is 1.45 bits per heavy atom. The molecule has 0 aliphatic heterocycles. The van der Waals surface area contributed by atoms with Gasteiger partial charge in [0.1, 0.15) is 0 Å². The lowest BCUT2D eigenvalue weighted by Gasteiger charge is -2.22. The minimum absolute atomic E-state index is 0.0346. The van der Waals surface area contributed by atoms with Crippen LogP contribution in [0.2, 0.25) is 0 Å². The molecule has 64 valence electrons. The lowest BCUT2D eigenvalue weighted by Crippen LogP contribution is -2.38. The molecule has 11 heavy (non-hydrogen) atoms. The number of rotatable bonds is 3. The van der Waals surface area contributed by atoms with Gasteiger partial charge in [0.05, 0.1) is 0 Å². The number of hydrogen-bond acceptors (Lipinski definition) is 1. The molecule has 3 heteroatoms. The molecule has 0 aliphatic rings. The lowest BCUT2D eigenvalue weighted by molar-refractivity contribution is 0.180. The third-order valence-corrected chi connectivity index (χ3v) is 1.53. The van der Waals surface area contributed by atoms with Gasteiger partial charge >= 0.3 is 6.03 Å². The summed E-state index contributed by atoms with van der Waals surface area (Å²) in [5.74, 6) is 0. The van der Waals surface area contributed by atoms with Crippen molar-refractivity contribution >= 4 is 6.03 Å². The van der Waals surface area contributed by atoms with Crippen LogP contribution in [0.1, 0.15) is 6.92 Å². The monoisotopic (exact) mass is 156 g/mol. The maximum Gasteiger partial charge on any atom is 0.319 e. The van der Waals surface area contributed by atoms with E-state index in [1.807, 2.05) is 6.92 Å². The second-order valence-electron chi connectivity index (χ2n) is 2.47. The number of carbonyl (C=O) groups excluding carboxylic acids is 1. The molecule has 0 spiro atoms. The largest absolute Gasteiger partial charge is 0.328 e. The fraction of sp³-hybridized carbons (Fsp3) is 0.625. The van der Waals surface area contributed by atoms with Crippen LogP contribution in [0.5, 0.6) is 0 Å². The summed E-state index contributed by atoms with van der Waals surface area (Å²) in [6.45, 7) is 6.84. The van der Waals surface area contributed by atoms with E-state index < -0.39 is 0 Å². The summed E-state index contributed by atoms with van der Waals surface area (Å²) >= 11 is 0. The van der Waals surface area contributed by atoms with E-state index >= 15 is 0 Å². The predicted molar refractivity (Wildman–Crippen MR) is 46.5 cm³/mol. The molecule has 3 nitrogen and oxygen atoms in total.